The van der Waals surface area contributed by atoms with Crippen molar-refractivity contribution in [2.24, 2.45) is 5.41 Å². The molecular weight excluding hydrogens is 476 g/mol. The highest BCUT2D eigenvalue weighted by Gasteiger charge is 2.41. The Balaban J connectivity index is 1.51. The van der Waals surface area contributed by atoms with Gasteiger partial charge < -0.3 is 19.3 Å². The predicted octanol–water partition coefficient (Wildman–Crippen LogP) is 5.29. The van der Waals surface area contributed by atoms with Gasteiger partial charge in [0.2, 0.25) is 11.8 Å². The van der Waals surface area contributed by atoms with Gasteiger partial charge in [-0.1, -0.05) is 35.4 Å². The summed E-state index contributed by atoms with van der Waals surface area (Å²) in [5, 5.41) is 0.610. The Kier molecular flexibility index (Phi) is 8.78. The number of benzene rings is 2. The van der Waals surface area contributed by atoms with Crippen molar-refractivity contribution in [1.82, 2.24) is 9.80 Å². The maximum Gasteiger partial charge on any atom is 0.227 e. The lowest BCUT2D eigenvalue weighted by Gasteiger charge is -2.43. The molecule has 7 heteroatoms. The van der Waals surface area contributed by atoms with Crippen LogP contribution in [0.2, 0.25) is 5.02 Å². The van der Waals surface area contributed by atoms with E-state index in [0.717, 1.165) is 55.6 Å². The Bertz CT molecular complexity index is 1070. The molecule has 2 amide bonds. The smallest absolute Gasteiger partial charge is 0.227 e. The third-order valence-electron chi connectivity index (χ3n) is 7.37. The summed E-state index contributed by atoms with van der Waals surface area (Å²) < 4.78 is 11.7. The summed E-state index contributed by atoms with van der Waals surface area (Å²) in [7, 11) is 1.63. The summed E-state index contributed by atoms with van der Waals surface area (Å²) in [5.41, 5.74) is 1.54. The van der Waals surface area contributed by atoms with Gasteiger partial charge in [0.25, 0.3) is 0 Å². The molecule has 2 aromatic rings. The van der Waals surface area contributed by atoms with E-state index in [1.165, 1.54) is 6.42 Å². The molecule has 0 unspecified atom stereocenters. The molecule has 36 heavy (non-hydrogen) atoms. The van der Waals surface area contributed by atoms with Crippen molar-refractivity contribution < 1.29 is 19.1 Å². The second kappa shape index (κ2) is 12.0. The third kappa shape index (κ3) is 6.73. The van der Waals surface area contributed by atoms with Crippen molar-refractivity contribution in [3.63, 3.8) is 0 Å². The number of hydrogen-bond acceptors (Lipinski definition) is 4. The van der Waals surface area contributed by atoms with E-state index in [4.69, 9.17) is 21.1 Å². The molecule has 0 aliphatic carbocycles. The van der Waals surface area contributed by atoms with Crippen molar-refractivity contribution in [1.29, 1.82) is 0 Å². The van der Waals surface area contributed by atoms with Crippen LogP contribution in [0.5, 0.6) is 11.5 Å². The van der Waals surface area contributed by atoms with Gasteiger partial charge in [0, 0.05) is 48.6 Å². The van der Waals surface area contributed by atoms with E-state index in [-0.39, 0.29) is 18.2 Å². The monoisotopic (exact) mass is 512 g/mol. The maximum absolute atomic E-state index is 13.5. The number of halogens is 1. The fourth-order valence-corrected chi connectivity index (χ4v) is 5.60. The molecule has 6 nitrogen and oxygen atoms in total. The van der Waals surface area contributed by atoms with E-state index in [1.807, 2.05) is 53.1 Å². The number of nitrogens with zero attached hydrogens (tertiary/aromatic N) is 2. The lowest BCUT2D eigenvalue weighted by Crippen LogP contribution is -2.51. The molecule has 0 radical (unpaired) electrons. The summed E-state index contributed by atoms with van der Waals surface area (Å²) in [6, 6.07) is 13.2. The zero-order chi connectivity index (χ0) is 25.5. The van der Waals surface area contributed by atoms with Crippen molar-refractivity contribution in [3.8, 4) is 11.5 Å². The quantitative estimate of drug-likeness (QED) is 0.482. The molecule has 0 aromatic heterocycles. The van der Waals surface area contributed by atoms with Crippen LogP contribution in [0.4, 0.5) is 0 Å². The molecule has 0 spiro atoms. The zero-order valence-electron chi connectivity index (χ0n) is 21.4. The molecule has 194 valence electrons. The molecule has 2 aliphatic rings. The number of piperidine rings is 2. The topological polar surface area (TPSA) is 59.1 Å². The second-order valence-electron chi connectivity index (χ2n) is 10.3. The highest BCUT2D eigenvalue weighted by atomic mass is 35.5. The number of methoxy groups -OCH3 is 1. The number of likely N-dealkylation sites (tertiary alicyclic amines) is 2. The normalized spacial score (nSPS) is 20.2. The van der Waals surface area contributed by atoms with Crippen LogP contribution < -0.4 is 9.47 Å². The average Bonchev–Trinajstić information content (AvgIpc) is 2.88. The minimum Gasteiger partial charge on any atom is -0.496 e. The standard InChI is InChI=1S/C29H37ClN2O4/c1-22-10-11-26(35-2)23(16-22)17-27(33)32-15-7-12-29(20-32,19-28(34)31-13-4-3-5-14-31)21-36-25-9-6-8-24(30)18-25/h6,8-11,16,18H,3-5,7,12-15,17,19-21H2,1-2H3/t29-/m1/s1. The number of carbonyl (C=O) groups is 2. The van der Waals surface area contributed by atoms with Gasteiger partial charge in [-0.15, -0.1) is 0 Å². The summed E-state index contributed by atoms with van der Waals surface area (Å²) >= 11 is 6.16. The summed E-state index contributed by atoms with van der Waals surface area (Å²) in [5.74, 6) is 1.62. The van der Waals surface area contributed by atoms with Gasteiger partial charge in [-0.2, -0.15) is 0 Å². The van der Waals surface area contributed by atoms with Crippen molar-refractivity contribution in [2.45, 2.75) is 51.9 Å². The SMILES string of the molecule is COc1ccc(C)cc1CC(=O)N1CCC[C@@](COc2cccc(Cl)c2)(CC(=O)N2CCCCC2)C1. The van der Waals surface area contributed by atoms with Gasteiger partial charge in [0.15, 0.2) is 0 Å². The molecule has 2 fully saturated rings. The maximum atomic E-state index is 13.5. The molecule has 2 heterocycles. The number of hydrogen-bond donors (Lipinski definition) is 0. The van der Waals surface area contributed by atoms with E-state index in [0.29, 0.717) is 36.9 Å². The first-order valence-corrected chi connectivity index (χ1v) is 13.3. The summed E-state index contributed by atoms with van der Waals surface area (Å²) in [6.07, 6.45) is 5.62. The van der Waals surface area contributed by atoms with Crippen LogP contribution in [-0.2, 0) is 16.0 Å². The van der Waals surface area contributed by atoms with Gasteiger partial charge >= 0.3 is 0 Å². The highest BCUT2D eigenvalue weighted by molar-refractivity contribution is 6.30. The van der Waals surface area contributed by atoms with Gasteiger partial charge in [-0.25, -0.2) is 0 Å². The van der Waals surface area contributed by atoms with Gasteiger partial charge in [-0.3, -0.25) is 9.59 Å². The largest absolute Gasteiger partial charge is 0.496 e. The van der Waals surface area contributed by atoms with Crippen molar-refractivity contribution >= 4 is 23.4 Å². The number of aryl methyl sites for hydroxylation is 1. The second-order valence-corrected chi connectivity index (χ2v) is 10.7. The Morgan fingerprint density at radius 2 is 1.75 bits per heavy atom. The summed E-state index contributed by atoms with van der Waals surface area (Å²) in [4.78, 5) is 30.7. The summed E-state index contributed by atoms with van der Waals surface area (Å²) in [6.45, 7) is 5.20. The lowest BCUT2D eigenvalue weighted by molar-refractivity contribution is -0.141. The first-order chi connectivity index (χ1) is 17.4. The minimum atomic E-state index is -0.443. The van der Waals surface area contributed by atoms with Gasteiger partial charge in [0.1, 0.15) is 11.5 Å². The molecule has 0 N–H and O–H groups in total. The predicted molar refractivity (Wildman–Crippen MR) is 142 cm³/mol. The van der Waals surface area contributed by atoms with E-state index in [2.05, 4.69) is 0 Å². The molecular formula is C29H37ClN2O4. The Morgan fingerprint density at radius 1 is 0.972 bits per heavy atom. The zero-order valence-corrected chi connectivity index (χ0v) is 22.2. The first-order valence-electron chi connectivity index (χ1n) is 12.9. The van der Waals surface area contributed by atoms with Crippen LogP contribution >= 0.6 is 11.6 Å². The van der Waals surface area contributed by atoms with E-state index in [9.17, 15) is 9.59 Å². The van der Waals surface area contributed by atoms with Crippen LogP contribution in [0, 0.1) is 12.3 Å². The molecule has 1 atom stereocenters. The van der Waals surface area contributed by atoms with Crippen LogP contribution in [0.1, 0.15) is 49.7 Å². The average molecular weight is 513 g/mol. The molecule has 4 rings (SSSR count). The van der Waals surface area contributed by atoms with Crippen molar-refractivity contribution in [2.75, 3.05) is 39.9 Å². The van der Waals surface area contributed by atoms with Crippen LogP contribution in [0.15, 0.2) is 42.5 Å². The molecule has 2 aliphatic heterocycles. The lowest BCUT2D eigenvalue weighted by atomic mass is 9.77. The van der Waals surface area contributed by atoms with E-state index < -0.39 is 5.41 Å². The van der Waals surface area contributed by atoms with Crippen LogP contribution in [0.25, 0.3) is 0 Å². The minimum absolute atomic E-state index is 0.0520. The molecule has 2 aromatic carbocycles. The molecule has 0 saturated carbocycles. The van der Waals surface area contributed by atoms with E-state index in [1.54, 1.807) is 13.2 Å². The fraction of sp³-hybridized carbons (Fsp3) is 0.517. The number of ether oxygens (including phenoxy) is 2. The van der Waals surface area contributed by atoms with Crippen LogP contribution in [0.3, 0.4) is 0 Å². The third-order valence-corrected chi connectivity index (χ3v) is 7.60. The van der Waals surface area contributed by atoms with E-state index >= 15 is 0 Å². The van der Waals surface area contributed by atoms with Gasteiger partial charge in [-0.05, 0) is 63.3 Å². The highest BCUT2D eigenvalue weighted by Crippen LogP contribution is 2.36. The van der Waals surface area contributed by atoms with Crippen LogP contribution in [-0.4, -0.2) is 61.5 Å². The Labute approximate surface area is 219 Å². The van der Waals surface area contributed by atoms with Crippen molar-refractivity contribution in [3.05, 3.63) is 58.6 Å². The van der Waals surface area contributed by atoms with Gasteiger partial charge in [0.05, 0.1) is 20.1 Å². The number of carbonyl (C=O) groups excluding carboxylic acids is 2. The Morgan fingerprint density at radius 3 is 2.50 bits per heavy atom. The molecule has 0 bridgehead atoms. The molecule has 2 saturated heterocycles. The first kappa shape index (κ1) is 26.3. The number of amides is 2. The number of rotatable bonds is 8. The Hall–Kier alpha value is -2.73. The fourth-order valence-electron chi connectivity index (χ4n) is 5.42.